The molecule has 1 unspecified atom stereocenters. The highest BCUT2D eigenvalue weighted by atomic mass is 16.5. The number of hydrogen-bond acceptors (Lipinski definition) is 3. The van der Waals surface area contributed by atoms with Gasteiger partial charge < -0.3 is 10.5 Å². The molecule has 1 rings (SSSR count). The summed E-state index contributed by atoms with van der Waals surface area (Å²) in [5.41, 5.74) is 6.23. The van der Waals surface area contributed by atoms with E-state index in [4.69, 9.17) is 10.5 Å². The summed E-state index contributed by atoms with van der Waals surface area (Å²) in [6.45, 7) is 8.98. The molecule has 0 aromatic rings. The van der Waals surface area contributed by atoms with Crippen LogP contribution >= 0.6 is 0 Å². The second-order valence-electron chi connectivity index (χ2n) is 5.28. The van der Waals surface area contributed by atoms with Crippen molar-refractivity contribution in [3.63, 3.8) is 0 Å². The summed E-state index contributed by atoms with van der Waals surface area (Å²) in [7, 11) is 2.19. The third-order valence-corrected chi connectivity index (χ3v) is 3.94. The van der Waals surface area contributed by atoms with Crippen LogP contribution in [-0.2, 0) is 4.74 Å². The predicted octanol–water partition coefficient (Wildman–Crippen LogP) is 1.86. The van der Waals surface area contributed by atoms with Gasteiger partial charge in [0, 0.05) is 18.6 Å². The van der Waals surface area contributed by atoms with Crippen molar-refractivity contribution >= 4 is 0 Å². The first kappa shape index (κ1) is 13.9. The van der Waals surface area contributed by atoms with Gasteiger partial charge in [0.1, 0.15) is 0 Å². The zero-order valence-corrected chi connectivity index (χ0v) is 11.3. The SMILES string of the molecule is CCC(CN)(C1CC1)N(C)CCOC(C)C. The topological polar surface area (TPSA) is 38.5 Å². The van der Waals surface area contributed by atoms with E-state index >= 15 is 0 Å². The molecule has 1 atom stereocenters. The highest BCUT2D eigenvalue weighted by Crippen LogP contribution is 2.44. The van der Waals surface area contributed by atoms with E-state index in [1.165, 1.54) is 12.8 Å². The average molecular weight is 228 g/mol. The summed E-state index contributed by atoms with van der Waals surface area (Å²) in [5.74, 6) is 0.812. The third-order valence-electron chi connectivity index (χ3n) is 3.94. The minimum absolute atomic E-state index is 0.223. The summed E-state index contributed by atoms with van der Waals surface area (Å²) in [6.07, 6.45) is 4.16. The van der Waals surface area contributed by atoms with Crippen LogP contribution in [0.1, 0.15) is 40.0 Å². The number of ether oxygens (including phenoxy) is 1. The van der Waals surface area contributed by atoms with Gasteiger partial charge in [-0.3, -0.25) is 4.90 Å². The van der Waals surface area contributed by atoms with Gasteiger partial charge in [-0.25, -0.2) is 0 Å². The van der Waals surface area contributed by atoms with Crippen molar-refractivity contribution in [2.24, 2.45) is 11.7 Å². The Labute approximate surface area is 100 Å². The Kier molecular flexibility index (Phi) is 5.22. The van der Waals surface area contributed by atoms with Gasteiger partial charge >= 0.3 is 0 Å². The number of hydrogen-bond donors (Lipinski definition) is 1. The van der Waals surface area contributed by atoms with E-state index in [2.05, 4.69) is 32.7 Å². The summed E-state index contributed by atoms with van der Waals surface area (Å²) in [4.78, 5) is 2.42. The molecule has 0 radical (unpaired) electrons. The van der Waals surface area contributed by atoms with Gasteiger partial charge in [0.2, 0.25) is 0 Å². The minimum Gasteiger partial charge on any atom is -0.377 e. The van der Waals surface area contributed by atoms with Crippen molar-refractivity contribution in [1.29, 1.82) is 0 Å². The third kappa shape index (κ3) is 3.19. The van der Waals surface area contributed by atoms with Gasteiger partial charge in [-0.15, -0.1) is 0 Å². The number of nitrogens with two attached hydrogens (primary N) is 1. The predicted molar refractivity (Wildman–Crippen MR) is 68.5 cm³/mol. The molecular formula is C13H28N2O. The van der Waals surface area contributed by atoms with Crippen LogP contribution in [0.4, 0.5) is 0 Å². The molecule has 3 heteroatoms. The zero-order chi connectivity index (χ0) is 12.2. The zero-order valence-electron chi connectivity index (χ0n) is 11.3. The molecule has 1 aliphatic rings. The molecule has 1 aliphatic carbocycles. The fourth-order valence-electron chi connectivity index (χ4n) is 2.61. The molecule has 0 spiro atoms. The van der Waals surface area contributed by atoms with Gasteiger partial charge in [0.05, 0.1) is 12.7 Å². The maximum absolute atomic E-state index is 6.01. The van der Waals surface area contributed by atoms with E-state index in [-0.39, 0.29) is 5.54 Å². The van der Waals surface area contributed by atoms with Crippen LogP contribution in [0.2, 0.25) is 0 Å². The van der Waals surface area contributed by atoms with Crippen molar-refractivity contribution in [3.8, 4) is 0 Å². The fourth-order valence-corrected chi connectivity index (χ4v) is 2.61. The van der Waals surface area contributed by atoms with Crippen molar-refractivity contribution in [2.75, 3.05) is 26.7 Å². The van der Waals surface area contributed by atoms with Gasteiger partial charge in [-0.2, -0.15) is 0 Å². The van der Waals surface area contributed by atoms with Crippen molar-refractivity contribution in [2.45, 2.75) is 51.7 Å². The van der Waals surface area contributed by atoms with Gasteiger partial charge in [-0.05, 0) is 46.1 Å². The molecule has 1 fully saturated rings. The van der Waals surface area contributed by atoms with E-state index in [0.717, 1.165) is 32.0 Å². The summed E-state index contributed by atoms with van der Waals surface area (Å²) >= 11 is 0. The Morgan fingerprint density at radius 3 is 2.44 bits per heavy atom. The highest BCUT2D eigenvalue weighted by molar-refractivity contribution is 5.01. The molecule has 3 nitrogen and oxygen atoms in total. The van der Waals surface area contributed by atoms with Crippen molar-refractivity contribution in [1.82, 2.24) is 4.90 Å². The first-order valence-electron chi connectivity index (χ1n) is 6.59. The van der Waals surface area contributed by atoms with Gasteiger partial charge in [-0.1, -0.05) is 6.92 Å². The van der Waals surface area contributed by atoms with E-state index in [0.29, 0.717) is 6.10 Å². The highest BCUT2D eigenvalue weighted by Gasteiger charge is 2.45. The number of nitrogens with zero attached hydrogens (tertiary/aromatic N) is 1. The Morgan fingerprint density at radius 1 is 1.44 bits per heavy atom. The molecule has 0 heterocycles. The fraction of sp³-hybridized carbons (Fsp3) is 1.00. The quantitative estimate of drug-likeness (QED) is 0.689. The first-order chi connectivity index (χ1) is 7.56. The maximum atomic E-state index is 6.01. The molecular weight excluding hydrogens is 200 g/mol. The van der Waals surface area contributed by atoms with E-state index in [1.807, 2.05) is 0 Å². The normalized spacial score (nSPS) is 20.4. The average Bonchev–Trinajstić information content (AvgIpc) is 3.04. The molecule has 16 heavy (non-hydrogen) atoms. The second kappa shape index (κ2) is 5.99. The number of rotatable bonds is 8. The number of likely N-dealkylation sites (N-methyl/N-ethyl adjacent to an activating group) is 1. The van der Waals surface area contributed by atoms with Crippen LogP contribution < -0.4 is 5.73 Å². The molecule has 0 saturated heterocycles. The van der Waals surface area contributed by atoms with Crippen molar-refractivity contribution < 1.29 is 4.74 Å². The van der Waals surface area contributed by atoms with E-state index in [1.54, 1.807) is 0 Å². The van der Waals surface area contributed by atoms with E-state index < -0.39 is 0 Å². The van der Waals surface area contributed by atoms with Crippen LogP contribution in [-0.4, -0.2) is 43.3 Å². The minimum atomic E-state index is 0.223. The van der Waals surface area contributed by atoms with Crippen LogP contribution in [0.15, 0.2) is 0 Å². The summed E-state index contributed by atoms with van der Waals surface area (Å²) in [5, 5.41) is 0. The Hall–Kier alpha value is -0.120. The lowest BCUT2D eigenvalue weighted by Gasteiger charge is -2.41. The Morgan fingerprint density at radius 2 is 2.06 bits per heavy atom. The second-order valence-corrected chi connectivity index (χ2v) is 5.28. The lowest BCUT2D eigenvalue weighted by Crippen LogP contribution is -2.54. The monoisotopic (exact) mass is 228 g/mol. The van der Waals surface area contributed by atoms with Crippen LogP contribution in [0.5, 0.6) is 0 Å². The van der Waals surface area contributed by atoms with Crippen LogP contribution in [0.3, 0.4) is 0 Å². The molecule has 0 aromatic heterocycles. The Balaban J connectivity index is 2.44. The summed E-state index contributed by atoms with van der Waals surface area (Å²) < 4.78 is 5.61. The lowest BCUT2D eigenvalue weighted by molar-refractivity contribution is 0.0258. The van der Waals surface area contributed by atoms with Crippen molar-refractivity contribution in [3.05, 3.63) is 0 Å². The molecule has 2 N–H and O–H groups in total. The maximum Gasteiger partial charge on any atom is 0.0597 e. The van der Waals surface area contributed by atoms with Gasteiger partial charge in [0.25, 0.3) is 0 Å². The standard InChI is InChI=1S/C13H28N2O/c1-5-13(10-14,12-6-7-12)15(4)8-9-16-11(2)3/h11-12H,5-10,14H2,1-4H3. The molecule has 0 amide bonds. The molecule has 0 aromatic carbocycles. The lowest BCUT2D eigenvalue weighted by atomic mass is 9.88. The molecule has 96 valence electrons. The van der Waals surface area contributed by atoms with Crippen LogP contribution in [0, 0.1) is 5.92 Å². The largest absolute Gasteiger partial charge is 0.377 e. The van der Waals surface area contributed by atoms with Crippen LogP contribution in [0.25, 0.3) is 0 Å². The Bertz CT molecular complexity index is 198. The molecule has 0 aliphatic heterocycles. The van der Waals surface area contributed by atoms with Gasteiger partial charge in [0.15, 0.2) is 0 Å². The first-order valence-corrected chi connectivity index (χ1v) is 6.59. The smallest absolute Gasteiger partial charge is 0.0597 e. The molecule has 0 bridgehead atoms. The van der Waals surface area contributed by atoms with E-state index in [9.17, 15) is 0 Å². The molecule has 1 saturated carbocycles. The summed E-state index contributed by atoms with van der Waals surface area (Å²) in [6, 6.07) is 0.